The molecular formula is C12H18NO2+. The van der Waals surface area contributed by atoms with Gasteiger partial charge in [0.15, 0.2) is 6.04 Å². The van der Waals surface area contributed by atoms with E-state index in [-0.39, 0.29) is 18.1 Å². The summed E-state index contributed by atoms with van der Waals surface area (Å²) in [5, 5.41) is 0. The highest BCUT2D eigenvalue weighted by Gasteiger charge is 2.20. The van der Waals surface area contributed by atoms with Crippen molar-refractivity contribution in [2.24, 2.45) is 0 Å². The quantitative estimate of drug-likeness (QED) is 0.744. The van der Waals surface area contributed by atoms with Gasteiger partial charge in [0.1, 0.15) is 0 Å². The number of carbonyl (C=O) groups is 1. The summed E-state index contributed by atoms with van der Waals surface area (Å²) in [6, 6.07) is 9.51. The van der Waals surface area contributed by atoms with E-state index >= 15 is 0 Å². The molecule has 1 atom stereocenters. The second-order valence-corrected chi connectivity index (χ2v) is 3.87. The number of hydrogen-bond acceptors (Lipinski definition) is 2. The number of quaternary nitrogens is 1. The summed E-state index contributed by atoms with van der Waals surface area (Å²) < 4.78 is 5.08. The van der Waals surface area contributed by atoms with Crippen LogP contribution in [-0.4, -0.2) is 18.1 Å². The maximum Gasteiger partial charge on any atom is 0.365 e. The van der Waals surface area contributed by atoms with E-state index in [4.69, 9.17) is 4.74 Å². The molecule has 0 spiro atoms. The van der Waals surface area contributed by atoms with Gasteiger partial charge in [-0.1, -0.05) is 30.3 Å². The fourth-order valence-corrected chi connectivity index (χ4v) is 1.31. The van der Waals surface area contributed by atoms with Crippen molar-refractivity contribution >= 4 is 5.97 Å². The molecule has 0 saturated carbocycles. The van der Waals surface area contributed by atoms with Crippen LogP contribution in [0.5, 0.6) is 0 Å². The standard InChI is InChI=1S/C12H17NO2/c1-9(2)15-12(14)11(13)8-10-6-4-3-5-7-10/h3-7,9,11H,8,13H2,1-2H3/p+1/t11-/m0/s1. The Labute approximate surface area is 90.2 Å². The van der Waals surface area contributed by atoms with E-state index in [0.717, 1.165) is 5.56 Å². The normalized spacial score (nSPS) is 12.5. The summed E-state index contributed by atoms with van der Waals surface area (Å²) in [6.07, 6.45) is 0.560. The molecule has 15 heavy (non-hydrogen) atoms. The molecule has 0 aliphatic rings. The van der Waals surface area contributed by atoms with Crippen molar-refractivity contribution < 1.29 is 15.3 Å². The summed E-state index contributed by atoms with van der Waals surface area (Å²) in [7, 11) is 0. The van der Waals surface area contributed by atoms with Crippen LogP contribution in [0.2, 0.25) is 0 Å². The van der Waals surface area contributed by atoms with Crippen LogP contribution in [0.25, 0.3) is 0 Å². The van der Waals surface area contributed by atoms with E-state index in [2.05, 4.69) is 5.73 Å². The molecule has 0 bridgehead atoms. The molecule has 0 aromatic heterocycles. The van der Waals surface area contributed by atoms with E-state index in [1.165, 1.54) is 0 Å². The van der Waals surface area contributed by atoms with Crippen LogP contribution in [0.15, 0.2) is 30.3 Å². The van der Waals surface area contributed by atoms with Crippen LogP contribution < -0.4 is 5.73 Å². The number of rotatable bonds is 4. The molecule has 0 radical (unpaired) electrons. The van der Waals surface area contributed by atoms with Crippen molar-refractivity contribution in [2.45, 2.75) is 32.4 Å². The minimum Gasteiger partial charge on any atom is -0.459 e. The number of carbonyl (C=O) groups excluding carboxylic acids is 1. The first-order valence-corrected chi connectivity index (χ1v) is 5.17. The van der Waals surface area contributed by atoms with Gasteiger partial charge in [-0.15, -0.1) is 0 Å². The van der Waals surface area contributed by atoms with Gasteiger partial charge in [-0.2, -0.15) is 0 Å². The highest BCUT2D eigenvalue weighted by molar-refractivity contribution is 5.74. The maximum atomic E-state index is 11.5. The van der Waals surface area contributed by atoms with Crippen LogP contribution in [0.1, 0.15) is 19.4 Å². The molecule has 0 aliphatic carbocycles. The Bertz CT molecular complexity index is 309. The lowest BCUT2D eigenvalue weighted by Crippen LogP contribution is -2.66. The Kier molecular flexibility index (Phi) is 4.31. The third-order valence-corrected chi connectivity index (χ3v) is 2.01. The highest BCUT2D eigenvalue weighted by Crippen LogP contribution is 2.02. The summed E-state index contributed by atoms with van der Waals surface area (Å²) in [5.41, 5.74) is 4.92. The first-order chi connectivity index (χ1) is 7.09. The molecule has 0 heterocycles. The minimum atomic E-state index is -0.324. The average Bonchev–Trinajstić information content (AvgIpc) is 2.18. The molecule has 3 heteroatoms. The first kappa shape index (κ1) is 11.7. The van der Waals surface area contributed by atoms with Gasteiger partial charge in [-0.25, -0.2) is 4.79 Å². The Morgan fingerprint density at radius 2 is 1.93 bits per heavy atom. The summed E-state index contributed by atoms with van der Waals surface area (Å²) in [5.74, 6) is -0.228. The molecule has 3 N–H and O–H groups in total. The van der Waals surface area contributed by atoms with Crippen molar-refractivity contribution in [2.75, 3.05) is 0 Å². The van der Waals surface area contributed by atoms with Crippen LogP contribution in [0.3, 0.4) is 0 Å². The van der Waals surface area contributed by atoms with Gasteiger partial charge < -0.3 is 10.5 Å². The average molecular weight is 208 g/mol. The zero-order valence-corrected chi connectivity index (χ0v) is 9.27. The minimum absolute atomic E-state index is 0.0717. The lowest BCUT2D eigenvalue weighted by atomic mass is 10.1. The molecule has 0 saturated heterocycles. The predicted octanol–water partition coefficient (Wildman–Crippen LogP) is 0.791. The highest BCUT2D eigenvalue weighted by atomic mass is 16.5. The molecule has 0 fully saturated rings. The second kappa shape index (κ2) is 5.51. The largest absolute Gasteiger partial charge is 0.459 e. The van der Waals surface area contributed by atoms with Crippen molar-refractivity contribution in [1.29, 1.82) is 0 Å². The van der Waals surface area contributed by atoms with Crippen molar-refractivity contribution in [3.63, 3.8) is 0 Å². The molecule has 0 unspecified atom stereocenters. The monoisotopic (exact) mass is 208 g/mol. The topological polar surface area (TPSA) is 53.9 Å². The van der Waals surface area contributed by atoms with Gasteiger partial charge in [0.2, 0.25) is 0 Å². The van der Waals surface area contributed by atoms with E-state index in [1.54, 1.807) is 0 Å². The summed E-state index contributed by atoms with van der Waals surface area (Å²) >= 11 is 0. The number of ether oxygens (including phenoxy) is 1. The number of benzene rings is 1. The molecule has 1 rings (SSSR count). The van der Waals surface area contributed by atoms with E-state index < -0.39 is 0 Å². The zero-order valence-electron chi connectivity index (χ0n) is 9.27. The van der Waals surface area contributed by atoms with Crippen molar-refractivity contribution in [1.82, 2.24) is 0 Å². The van der Waals surface area contributed by atoms with Gasteiger partial charge in [-0.05, 0) is 19.4 Å². The zero-order chi connectivity index (χ0) is 11.3. The molecule has 1 aromatic carbocycles. The van der Waals surface area contributed by atoms with Crippen LogP contribution >= 0.6 is 0 Å². The van der Waals surface area contributed by atoms with Crippen molar-refractivity contribution in [3.05, 3.63) is 35.9 Å². The lowest BCUT2D eigenvalue weighted by molar-refractivity contribution is -0.408. The van der Waals surface area contributed by atoms with Crippen LogP contribution in [-0.2, 0) is 16.0 Å². The van der Waals surface area contributed by atoms with Gasteiger partial charge in [-0.3, -0.25) is 0 Å². The molecule has 0 aliphatic heterocycles. The molecule has 1 aromatic rings. The van der Waals surface area contributed by atoms with Crippen LogP contribution in [0.4, 0.5) is 0 Å². The van der Waals surface area contributed by atoms with Crippen LogP contribution in [0, 0.1) is 0 Å². The Hall–Kier alpha value is -1.35. The first-order valence-electron chi connectivity index (χ1n) is 5.17. The molecule has 0 amide bonds. The smallest absolute Gasteiger partial charge is 0.365 e. The van der Waals surface area contributed by atoms with Crippen molar-refractivity contribution in [3.8, 4) is 0 Å². The molecule has 3 nitrogen and oxygen atoms in total. The fourth-order valence-electron chi connectivity index (χ4n) is 1.31. The fraction of sp³-hybridized carbons (Fsp3) is 0.417. The number of esters is 1. The lowest BCUT2D eigenvalue weighted by Gasteiger charge is -2.11. The molecule has 82 valence electrons. The van der Waals surface area contributed by atoms with E-state index in [0.29, 0.717) is 6.42 Å². The van der Waals surface area contributed by atoms with E-state index in [1.807, 2.05) is 44.2 Å². The predicted molar refractivity (Wildman–Crippen MR) is 58.1 cm³/mol. The van der Waals surface area contributed by atoms with Gasteiger partial charge in [0.25, 0.3) is 0 Å². The van der Waals surface area contributed by atoms with E-state index in [9.17, 15) is 4.79 Å². The Morgan fingerprint density at radius 3 is 2.47 bits per heavy atom. The third-order valence-electron chi connectivity index (χ3n) is 2.01. The Morgan fingerprint density at radius 1 is 1.33 bits per heavy atom. The summed E-state index contributed by atoms with van der Waals surface area (Å²) in [4.78, 5) is 11.5. The van der Waals surface area contributed by atoms with Gasteiger partial charge in [0, 0.05) is 6.42 Å². The van der Waals surface area contributed by atoms with Gasteiger partial charge in [0.05, 0.1) is 6.10 Å². The SMILES string of the molecule is CC(C)OC(=O)[C@@H]([NH3+])Cc1ccccc1. The second-order valence-electron chi connectivity index (χ2n) is 3.87. The van der Waals surface area contributed by atoms with Gasteiger partial charge >= 0.3 is 5.97 Å². The number of hydrogen-bond donors (Lipinski definition) is 1. The third kappa shape index (κ3) is 4.13. The molecular weight excluding hydrogens is 190 g/mol. The summed E-state index contributed by atoms with van der Waals surface area (Å²) in [6.45, 7) is 3.68. The maximum absolute atomic E-state index is 11.5. The Balaban J connectivity index is 2.49.